The zero-order valence-electron chi connectivity index (χ0n) is 15.4. The number of rotatable bonds is 4. The van der Waals surface area contributed by atoms with Crippen LogP contribution in [0.2, 0.25) is 0 Å². The van der Waals surface area contributed by atoms with Crippen LogP contribution >= 0.6 is 0 Å². The molecule has 1 fully saturated rings. The van der Waals surface area contributed by atoms with E-state index in [1.165, 1.54) is 13.5 Å². The Balaban J connectivity index is 1.96. The lowest BCUT2D eigenvalue weighted by Gasteiger charge is -2.24. The summed E-state index contributed by atoms with van der Waals surface area (Å²) < 4.78 is 15.9. The molecule has 1 aromatic rings. The molecule has 2 aliphatic rings. The van der Waals surface area contributed by atoms with Crippen LogP contribution in [-0.4, -0.2) is 24.2 Å². The van der Waals surface area contributed by atoms with Gasteiger partial charge in [0.25, 0.3) is 0 Å². The maximum absolute atomic E-state index is 12.8. The number of phenols is 1. The first kappa shape index (κ1) is 18.3. The first-order valence-corrected chi connectivity index (χ1v) is 8.97. The Morgan fingerprint density at radius 3 is 2.54 bits per heavy atom. The second-order valence-electron chi connectivity index (χ2n) is 6.73. The fourth-order valence-corrected chi connectivity index (χ4v) is 3.89. The number of hydrogen-bond acceptors (Lipinski definition) is 6. The van der Waals surface area contributed by atoms with E-state index in [-0.39, 0.29) is 29.6 Å². The van der Waals surface area contributed by atoms with Crippen molar-refractivity contribution in [1.29, 1.82) is 0 Å². The van der Waals surface area contributed by atoms with E-state index >= 15 is 0 Å². The fraction of sp³-hybridized carbons (Fsp3) is 0.500. The summed E-state index contributed by atoms with van der Waals surface area (Å²) >= 11 is 0. The lowest BCUT2D eigenvalue weighted by molar-refractivity contribution is -0.131. The number of methoxy groups -OCH3 is 1. The standard InChI is InChI=1S/C20H24O6/c1-4-13(12-8-6-5-7-9-12)19(22)26-18-16(21)15-14(10-25-20(15)23)11(2)17(18)24-3/h4,12,21H,5-10H2,1-3H3. The van der Waals surface area contributed by atoms with Crippen LogP contribution in [0.15, 0.2) is 11.6 Å². The predicted octanol–water partition coefficient (Wildman–Crippen LogP) is 3.81. The predicted molar refractivity (Wildman–Crippen MR) is 94.5 cm³/mol. The first-order valence-electron chi connectivity index (χ1n) is 8.97. The van der Waals surface area contributed by atoms with Crippen molar-refractivity contribution in [3.05, 3.63) is 28.3 Å². The number of cyclic esters (lactones) is 1. The van der Waals surface area contributed by atoms with E-state index in [1.807, 2.05) is 6.92 Å². The molecule has 140 valence electrons. The Bertz CT molecular complexity index is 771. The number of carbonyl (C=O) groups excluding carboxylic acids is 2. The van der Waals surface area contributed by atoms with Crippen LogP contribution in [0.4, 0.5) is 0 Å². The molecule has 0 spiro atoms. The smallest absolute Gasteiger partial charge is 0.342 e. The molecule has 6 heteroatoms. The van der Waals surface area contributed by atoms with E-state index in [0.717, 1.165) is 25.7 Å². The summed E-state index contributed by atoms with van der Waals surface area (Å²) in [7, 11) is 1.43. The summed E-state index contributed by atoms with van der Waals surface area (Å²) in [5.41, 5.74) is 1.83. The molecule has 0 radical (unpaired) electrons. The highest BCUT2D eigenvalue weighted by Crippen LogP contribution is 2.47. The van der Waals surface area contributed by atoms with E-state index in [4.69, 9.17) is 14.2 Å². The third-order valence-corrected chi connectivity index (χ3v) is 5.30. The molecule has 1 heterocycles. The number of carbonyl (C=O) groups is 2. The average molecular weight is 360 g/mol. The van der Waals surface area contributed by atoms with E-state index in [2.05, 4.69) is 0 Å². The molecule has 1 aromatic carbocycles. The number of benzene rings is 1. The minimum atomic E-state index is -0.626. The fourth-order valence-electron chi connectivity index (χ4n) is 3.89. The minimum Gasteiger partial charge on any atom is -0.504 e. The molecule has 0 atom stereocenters. The van der Waals surface area contributed by atoms with Crippen LogP contribution in [0, 0.1) is 12.8 Å². The summed E-state index contributed by atoms with van der Waals surface area (Å²) in [6.07, 6.45) is 7.04. The van der Waals surface area contributed by atoms with Gasteiger partial charge in [-0.2, -0.15) is 0 Å². The molecule has 0 saturated heterocycles. The second kappa shape index (κ2) is 7.40. The highest BCUT2D eigenvalue weighted by molar-refractivity contribution is 5.99. The summed E-state index contributed by atoms with van der Waals surface area (Å²) in [6.45, 7) is 3.63. The molecule has 0 aromatic heterocycles. The molecular formula is C20H24O6. The van der Waals surface area contributed by atoms with E-state index in [9.17, 15) is 14.7 Å². The van der Waals surface area contributed by atoms with Crippen LogP contribution in [0.1, 0.15) is 60.5 Å². The van der Waals surface area contributed by atoms with Crippen LogP contribution in [0.3, 0.4) is 0 Å². The number of esters is 2. The van der Waals surface area contributed by atoms with Crippen molar-refractivity contribution >= 4 is 11.9 Å². The normalized spacial score (nSPS) is 17.7. The van der Waals surface area contributed by atoms with Crippen LogP contribution in [-0.2, 0) is 16.1 Å². The monoisotopic (exact) mass is 360 g/mol. The van der Waals surface area contributed by atoms with Crippen LogP contribution in [0.25, 0.3) is 0 Å². The third-order valence-electron chi connectivity index (χ3n) is 5.30. The molecule has 26 heavy (non-hydrogen) atoms. The van der Waals surface area contributed by atoms with Crippen molar-refractivity contribution in [2.45, 2.75) is 52.6 Å². The highest BCUT2D eigenvalue weighted by Gasteiger charge is 2.35. The second-order valence-corrected chi connectivity index (χ2v) is 6.73. The Kier molecular flexibility index (Phi) is 5.20. The van der Waals surface area contributed by atoms with Crippen molar-refractivity contribution in [2.24, 2.45) is 5.92 Å². The largest absolute Gasteiger partial charge is 0.504 e. The lowest BCUT2D eigenvalue weighted by Crippen LogP contribution is -2.21. The Hall–Kier alpha value is -2.50. The van der Waals surface area contributed by atoms with Gasteiger partial charge in [0.05, 0.1) is 7.11 Å². The molecule has 1 saturated carbocycles. The van der Waals surface area contributed by atoms with E-state index in [0.29, 0.717) is 16.7 Å². The molecule has 6 nitrogen and oxygen atoms in total. The van der Waals surface area contributed by atoms with Gasteiger partial charge in [-0.05, 0) is 32.6 Å². The van der Waals surface area contributed by atoms with Crippen molar-refractivity contribution < 1.29 is 28.9 Å². The maximum atomic E-state index is 12.8. The number of fused-ring (bicyclic) bond motifs is 1. The highest BCUT2D eigenvalue weighted by atomic mass is 16.6. The van der Waals surface area contributed by atoms with Crippen molar-refractivity contribution in [3.8, 4) is 17.2 Å². The van der Waals surface area contributed by atoms with E-state index in [1.54, 1.807) is 13.0 Å². The van der Waals surface area contributed by atoms with Gasteiger partial charge in [0.2, 0.25) is 5.75 Å². The van der Waals surface area contributed by atoms with Gasteiger partial charge in [0, 0.05) is 16.7 Å². The van der Waals surface area contributed by atoms with Crippen molar-refractivity contribution in [3.63, 3.8) is 0 Å². The summed E-state index contributed by atoms with van der Waals surface area (Å²) in [4.78, 5) is 24.7. The van der Waals surface area contributed by atoms with Gasteiger partial charge in [-0.1, -0.05) is 25.3 Å². The zero-order valence-corrected chi connectivity index (χ0v) is 15.4. The molecule has 0 unspecified atom stereocenters. The average Bonchev–Trinajstić information content (AvgIpc) is 3.03. The van der Waals surface area contributed by atoms with Gasteiger partial charge in [0.15, 0.2) is 11.5 Å². The van der Waals surface area contributed by atoms with Gasteiger partial charge in [0.1, 0.15) is 12.2 Å². The topological polar surface area (TPSA) is 82.1 Å². The molecule has 1 N–H and O–H groups in total. The maximum Gasteiger partial charge on any atom is 0.342 e. The molecule has 1 aliphatic heterocycles. The van der Waals surface area contributed by atoms with Crippen LogP contribution < -0.4 is 9.47 Å². The summed E-state index contributed by atoms with van der Waals surface area (Å²) in [5, 5.41) is 10.6. The van der Waals surface area contributed by atoms with E-state index < -0.39 is 17.7 Å². The van der Waals surface area contributed by atoms with Crippen molar-refractivity contribution in [1.82, 2.24) is 0 Å². The summed E-state index contributed by atoms with van der Waals surface area (Å²) in [6, 6.07) is 0. The van der Waals surface area contributed by atoms with Gasteiger partial charge in [-0.3, -0.25) is 0 Å². The van der Waals surface area contributed by atoms with Gasteiger partial charge in [-0.25, -0.2) is 9.59 Å². The Labute approximate surface area is 152 Å². The first-order chi connectivity index (χ1) is 12.5. The van der Waals surface area contributed by atoms with Gasteiger partial charge < -0.3 is 19.3 Å². The SMILES string of the molecule is CC=C(C(=O)Oc1c(O)c2c(c(C)c1OC)COC2=O)C1CCCCC1. The van der Waals surface area contributed by atoms with Crippen LogP contribution in [0.5, 0.6) is 17.2 Å². The number of hydrogen-bond donors (Lipinski definition) is 1. The number of phenolic OH excluding ortho intramolecular Hbond substituents is 1. The number of ether oxygens (including phenoxy) is 3. The van der Waals surface area contributed by atoms with Gasteiger partial charge in [-0.15, -0.1) is 0 Å². The molecule has 0 bridgehead atoms. The number of aromatic hydroxyl groups is 1. The molecule has 3 rings (SSSR count). The van der Waals surface area contributed by atoms with Crippen molar-refractivity contribution in [2.75, 3.05) is 7.11 Å². The molecule has 0 amide bonds. The minimum absolute atomic E-state index is 0.0470. The Morgan fingerprint density at radius 1 is 1.23 bits per heavy atom. The molecular weight excluding hydrogens is 336 g/mol. The Morgan fingerprint density at radius 2 is 1.92 bits per heavy atom. The quantitative estimate of drug-likeness (QED) is 0.499. The third kappa shape index (κ3) is 3.04. The zero-order chi connectivity index (χ0) is 18.8. The molecule has 1 aliphatic carbocycles. The summed E-state index contributed by atoms with van der Waals surface area (Å²) in [5.74, 6) is -1.26. The van der Waals surface area contributed by atoms with Gasteiger partial charge >= 0.3 is 11.9 Å². The number of allylic oxidation sites excluding steroid dienone is 1. The lowest BCUT2D eigenvalue weighted by atomic mass is 9.83.